The van der Waals surface area contributed by atoms with Crippen LogP contribution < -0.4 is 4.74 Å². The molecule has 0 N–H and O–H groups in total. The van der Waals surface area contributed by atoms with Gasteiger partial charge >= 0.3 is 6.18 Å². The Hall–Kier alpha value is -1.73. The van der Waals surface area contributed by atoms with Crippen molar-refractivity contribution >= 4 is 33.4 Å². The Labute approximate surface area is 175 Å². The molecule has 0 radical (unpaired) electrons. The highest BCUT2D eigenvalue weighted by Crippen LogP contribution is 2.29. The van der Waals surface area contributed by atoms with E-state index in [4.69, 9.17) is 16.3 Å². The number of hydrogen-bond acceptors (Lipinski definition) is 3. The fourth-order valence-corrected chi connectivity index (χ4v) is 4.01. The standard InChI is InChI=1S/C20H19BrClF3N2O/c1-28-18-8-6-14(21)11-13(18)5-7-15-16(3-2-4-17(15)22)19-26-9-10-27(19)12-20(23,24)25/h2-4,6,8,11H,5,7,9-10,12H2,1H3. The fraction of sp³-hybridized carbons (Fsp3) is 0.350. The van der Waals surface area contributed by atoms with Crippen LogP contribution in [-0.2, 0) is 12.8 Å². The molecule has 0 saturated carbocycles. The monoisotopic (exact) mass is 474 g/mol. The van der Waals surface area contributed by atoms with E-state index in [1.54, 1.807) is 25.3 Å². The number of amidine groups is 1. The normalized spacial score (nSPS) is 14.4. The fourth-order valence-electron chi connectivity index (χ4n) is 3.33. The second-order valence-electron chi connectivity index (χ2n) is 6.46. The second kappa shape index (κ2) is 8.74. The summed E-state index contributed by atoms with van der Waals surface area (Å²) in [7, 11) is 1.61. The average molecular weight is 476 g/mol. The van der Waals surface area contributed by atoms with Crippen LogP contribution in [0.25, 0.3) is 0 Å². The second-order valence-corrected chi connectivity index (χ2v) is 7.79. The van der Waals surface area contributed by atoms with Crippen LogP contribution >= 0.6 is 27.5 Å². The lowest BCUT2D eigenvalue weighted by Gasteiger charge is -2.23. The highest BCUT2D eigenvalue weighted by molar-refractivity contribution is 9.10. The predicted octanol–water partition coefficient (Wildman–Crippen LogP) is 5.52. The van der Waals surface area contributed by atoms with E-state index in [0.29, 0.717) is 35.8 Å². The lowest BCUT2D eigenvalue weighted by molar-refractivity contribution is -0.136. The van der Waals surface area contributed by atoms with E-state index in [-0.39, 0.29) is 6.54 Å². The summed E-state index contributed by atoms with van der Waals surface area (Å²) in [6.07, 6.45) is -3.10. The summed E-state index contributed by atoms with van der Waals surface area (Å²) >= 11 is 9.88. The van der Waals surface area contributed by atoms with Crippen molar-refractivity contribution in [2.75, 3.05) is 26.7 Å². The number of aliphatic imine (C=N–C) groups is 1. The number of hydrogen-bond donors (Lipinski definition) is 0. The molecule has 1 aliphatic rings. The molecule has 3 rings (SSSR count). The smallest absolute Gasteiger partial charge is 0.405 e. The van der Waals surface area contributed by atoms with Gasteiger partial charge in [0.1, 0.15) is 18.1 Å². The van der Waals surface area contributed by atoms with Crippen LogP contribution in [0.3, 0.4) is 0 Å². The highest BCUT2D eigenvalue weighted by Gasteiger charge is 2.34. The van der Waals surface area contributed by atoms with Gasteiger partial charge in [-0.05, 0) is 48.2 Å². The Kier molecular flexibility index (Phi) is 6.55. The lowest BCUT2D eigenvalue weighted by Crippen LogP contribution is -2.37. The molecule has 0 unspecified atom stereocenters. The lowest BCUT2D eigenvalue weighted by atomic mass is 9.98. The largest absolute Gasteiger partial charge is 0.496 e. The minimum absolute atomic E-state index is 0.250. The molecule has 0 fully saturated rings. The third-order valence-electron chi connectivity index (χ3n) is 4.55. The third kappa shape index (κ3) is 5.00. The van der Waals surface area contributed by atoms with Crippen molar-refractivity contribution in [2.24, 2.45) is 4.99 Å². The van der Waals surface area contributed by atoms with Gasteiger partial charge in [0.15, 0.2) is 0 Å². The van der Waals surface area contributed by atoms with E-state index in [1.807, 2.05) is 18.2 Å². The first-order chi connectivity index (χ1) is 13.3. The van der Waals surface area contributed by atoms with Crippen molar-refractivity contribution < 1.29 is 17.9 Å². The van der Waals surface area contributed by atoms with Gasteiger partial charge < -0.3 is 9.64 Å². The number of methoxy groups -OCH3 is 1. The predicted molar refractivity (Wildman–Crippen MR) is 109 cm³/mol. The molecule has 1 heterocycles. The first-order valence-corrected chi connectivity index (χ1v) is 9.92. The number of rotatable bonds is 6. The van der Waals surface area contributed by atoms with Crippen molar-refractivity contribution in [3.8, 4) is 5.75 Å². The van der Waals surface area contributed by atoms with E-state index in [0.717, 1.165) is 21.3 Å². The highest BCUT2D eigenvalue weighted by atomic mass is 79.9. The SMILES string of the molecule is COc1ccc(Br)cc1CCc1c(Cl)cccc1C1=NCCN1CC(F)(F)F. The van der Waals surface area contributed by atoms with E-state index in [9.17, 15) is 13.2 Å². The quantitative estimate of drug-likeness (QED) is 0.549. The number of halogens is 5. The molecular weight excluding hydrogens is 457 g/mol. The summed E-state index contributed by atoms with van der Waals surface area (Å²) in [6, 6.07) is 11.0. The molecule has 0 spiro atoms. The van der Waals surface area contributed by atoms with Crippen LogP contribution in [0.1, 0.15) is 16.7 Å². The molecule has 1 aliphatic heterocycles. The summed E-state index contributed by atoms with van der Waals surface area (Å²) in [5.41, 5.74) is 2.44. The van der Waals surface area contributed by atoms with Crippen LogP contribution in [0.15, 0.2) is 45.9 Å². The molecule has 3 nitrogen and oxygen atoms in total. The maximum absolute atomic E-state index is 12.9. The number of ether oxygens (including phenoxy) is 1. The summed E-state index contributed by atoms with van der Waals surface area (Å²) in [5, 5.41) is 0.521. The molecule has 28 heavy (non-hydrogen) atoms. The Morgan fingerprint density at radius 3 is 2.71 bits per heavy atom. The Morgan fingerprint density at radius 1 is 1.21 bits per heavy atom. The zero-order valence-electron chi connectivity index (χ0n) is 15.2. The number of nitrogens with zero attached hydrogens (tertiary/aromatic N) is 2. The first kappa shape index (κ1) is 21.0. The molecule has 8 heteroatoms. The van der Waals surface area contributed by atoms with Gasteiger partial charge in [0.2, 0.25) is 0 Å². The van der Waals surface area contributed by atoms with E-state index >= 15 is 0 Å². The summed E-state index contributed by atoms with van der Waals surface area (Å²) < 4.78 is 45.1. The molecule has 0 saturated heterocycles. The summed E-state index contributed by atoms with van der Waals surface area (Å²) in [5.74, 6) is 1.12. The van der Waals surface area contributed by atoms with Crippen LogP contribution in [0.4, 0.5) is 13.2 Å². The summed E-state index contributed by atoms with van der Waals surface area (Å²) in [4.78, 5) is 5.60. The number of aryl methyl sites for hydroxylation is 1. The summed E-state index contributed by atoms with van der Waals surface area (Å²) in [6.45, 7) is -0.422. The molecular formula is C20H19BrClF3N2O. The Balaban J connectivity index is 1.88. The van der Waals surface area contributed by atoms with Gasteiger partial charge in [-0.2, -0.15) is 13.2 Å². The van der Waals surface area contributed by atoms with Gasteiger partial charge in [0.05, 0.1) is 13.7 Å². The van der Waals surface area contributed by atoms with Crippen LogP contribution in [-0.4, -0.2) is 43.7 Å². The molecule has 0 aliphatic carbocycles. The molecule has 0 bridgehead atoms. The minimum atomic E-state index is -4.28. The van der Waals surface area contributed by atoms with Crippen molar-refractivity contribution in [1.29, 1.82) is 0 Å². The Bertz CT molecular complexity index is 886. The van der Waals surface area contributed by atoms with Crippen LogP contribution in [0.2, 0.25) is 5.02 Å². The van der Waals surface area contributed by atoms with Gasteiger partial charge in [-0.15, -0.1) is 0 Å². The third-order valence-corrected chi connectivity index (χ3v) is 5.40. The van der Waals surface area contributed by atoms with E-state index < -0.39 is 12.7 Å². The van der Waals surface area contributed by atoms with Gasteiger partial charge in [-0.3, -0.25) is 4.99 Å². The Morgan fingerprint density at radius 2 is 2.00 bits per heavy atom. The van der Waals surface area contributed by atoms with Gasteiger partial charge in [0.25, 0.3) is 0 Å². The molecule has 2 aromatic rings. The van der Waals surface area contributed by atoms with Crippen LogP contribution in [0, 0.1) is 0 Å². The van der Waals surface area contributed by atoms with Crippen molar-refractivity contribution in [3.05, 3.63) is 62.6 Å². The molecule has 0 amide bonds. The van der Waals surface area contributed by atoms with Crippen molar-refractivity contribution in [3.63, 3.8) is 0 Å². The topological polar surface area (TPSA) is 24.8 Å². The molecule has 2 aromatic carbocycles. The zero-order chi connectivity index (χ0) is 20.3. The molecule has 150 valence electrons. The van der Waals surface area contributed by atoms with Gasteiger partial charge in [-0.1, -0.05) is 39.7 Å². The number of alkyl halides is 3. The van der Waals surface area contributed by atoms with E-state index in [1.165, 1.54) is 4.90 Å². The number of benzene rings is 2. The van der Waals surface area contributed by atoms with Gasteiger partial charge in [0, 0.05) is 21.6 Å². The maximum Gasteiger partial charge on any atom is 0.405 e. The van der Waals surface area contributed by atoms with Crippen molar-refractivity contribution in [1.82, 2.24) is 4.90 Å². The molecule has 0 aromatic heterocycles. The zero-order valence-corrected chi connectivity index (χ0v) is 17.5. The molecule has 0 atom stereocenters. The minimum Gasteiger partial charge on any atom is -0.496 e. The van der Waals surface area contributed by atoms with Crippen LogP contribution in [0.5, 0.6) is 5.75 Å². The first-order valence-electron chi connectivity index (χ1n) is 8.75. The maximum atomic E-state index is 12.9. The van der Waals surface area contributed by atoms with E-state index in [2.05, 4.69) is 20.9 Å². The van der Waals surface area contributed by atoms with Crippen molar-refractivity contribution in [2.45, 2.75) is 19.0 Å². The average Bonchev–Trinajstić information content (AvgIpc) is 3.06. The van der Waals surface area contributed by atoms with Gasteiger partial charge in [-0.25, -0.2) is 0 Å².